The zero-order valence-electron chi connectivity index (χ0n) is 12.5. The van der Waals surface area contributed by atoms with Crippen molar-refractivity contribution in [3.05, 3.63) is 0 Å². The summed E-state index contributed by atoms with van der Waals surface area (Å²) < 4.78 is 0. The Bertz CT molecular complexity index is 286. The summed E-state index contributed by atoms with van der Waals surface area (Å²) in [7, 11) is 0. The lowest BCUT2D eigenvalue weighted by Crippen LogP contribution is -2.49. The van der Waals surface area contributed by atoms with E-state index in [4.69, 9.17) is 0 Å². The fourth-order valence-corrected chi connectivity index (χ4v) is 3.16. The molecule has 3 atom stereocenters. The second-order valence-corrected chi connectivity index (χ2v) is 7.18. The third-order valence-electron chi connectivity index (χ3n) is 4.11. The zero-order valence-corrected chi connectivity index (χ0v) is 12.5. The molecule has 0 aromatic carbocycles. The standard InChI is InChI=1S/C15H29NO2/c1-10(2)8-13(14(17)18)16-12-6-7-15(4,5)9-11(12)3/h10-13,16H,6-9H2,1-5H3,(H,17,18). The van der Waals surface area contributed by atoms with Crippen molar-refractivity contribution in [1.82, 2.24) is 5.32 Å². The van der Waals surface area contributed by atoms with E-state index >= 15 is 0 Å². The first-order valence-electron chi connectivity index (χ1n) is 7.20. The number of carboxylic acids is 1. The molecule has 0 heterocycles. The molecule has 0 aliphatic heterocycles. The van der Waals surface area contributed by atoms with Gasteiger partial charge in [0.2, 0.25) is 0 Å². The lowest BCUT2D eigenvalue weighted by molar-refractivity contribution is -0.140. The van der Waals surface area contributed by atoms with Crippen LogP contribution in [0.5, 0.6) is 0 Å². The topological polar surface area (TPSA) is 49.3 Å². The third-order valence-corrected chi connectivity index (χ3v) is 4.11. The van der Waals surface area contributed by atoms with Gasteiger partial charge in [-0.3, -0.25) is 4.79 Å². The lowest BCUT2D eigenvalue weighted by atomic mass is 9.70. The SMILES string of the molecule is CC(C)CC(NC1CCC(C)(C)CC1C)C(=O)O. The minimum Gasteiger partial charge on any atom is -0.480 e. The van der Waals surface area contributed by atoms with Gasteiger partial charge < -0.3 is 10.4 Å². The maximum atomic E-state index is 11.3. The first kappa shape index (κ1) is 15.5. The summed E-state index contributed by atoms with van der Waals surface area (Å²) in [5.74, 6) is 0.262. The smallest absolute Gasteiger partial charge is 0.320 e. The average molecular weight is 255 g/mol. The van der Waals surface area contributed by atoms with Crippen molar-refractivity contribution < 1.29 is 9.90 Å². The van der Waals surface area contributed by atoms with Gasteiger partial charge in [-0.25, -0.2) is 0 Å². The van der Waals surface area contributed by atoms with Crippen LogP contribution in [0.1, 0.15) is 60.3 Å². The van der Waals surface area contributed by atoms with Crippen LogP contribution in [-0.2, 0) is 4.79 Å². The second-order valence-electron chi connectivity index (χ2n) is 7.18. The Hall–Kier alpha value is -0.570. The molecule has 1 aliphatic carbocycles. The number of carboxylic acid groups (broad SMARTS) is 1. The Morgan fingerprint density at radius 1 is 1.44 bits per heavy atom. The summed E-state index contributed by atoms with van der Waals surface area (Å²) in [6, 6.07) is -0.0310. The van der Waals surface area contributed by atoms with Gasteiger partial charge in [0.05, 0.1) is 0 Å². The summed E-state index contributed by atoms with van der Waals surface area (Å²) in [5.41, 5.74) is 0.411. The third kappa shape index (κ3) is 4.60. The highest BCUT2D eigenvalue weighted by Gasteiger charge is 2.34. The van der Waals surface area contributed by atoms with Gasteiger partial charge >= 0.3 is 5.97 Å². The molecule has 1 saturated carbocycles. The van der Waals surface area contributed by atoms with Gasteiger partial charge in [0, 0.05) is 6.04 Å². The molecule has 3 nitrogen and oxygen atoms in total. The molecule has 0 spiro atoms. The molecule has 0 aromatic rings. The molecule has 2 N–H and O–H groups in total. The van der Waals surface area contributed by atoms with Crippen LogP contribution >= 0.6 is 0 Å². The molecule has 106 valence electrons. The van der Waals surface area contributed by atoms with E-state index in [1.807, 2.05) is 0 Å². The molecular formula is C15H29NO2. The second kappa shape index (κ2) is 6.05. The van der Waals surface area contributed by atoms with Crippen LogP contribution in [0.15, 0.2) is 0 Å². The van der Waals surface area contributed by atoms with E-state index in [0.717, 1.165) is 6.42 Å². The largest absolute Gasteiger partial charge is 0.480 e. The molecule has 0 amide bonds. The van der Waals surface area contributed by atoms with Crippen LogP contribution in [-0.4, -0.2) is 23.2 Å². The van der Waals surface area contributed by atoms with Crippen LogP contribution < -0.4 is 5.32 Å². The highest BCUT2D eigenvalue weighted by molar-refractivity contribution is 5.73. The Labute approximate surface area is 111 Å². The van der Waals surface area contributed by atoms with Gasteiger partial charge in [0.25, 0.3) is 0 Å². The molecule has 0 saturated heterocycles. The normalized spacial score (nSPS) is 29.2. The fraction of sp³-hybridized carbons (Fsp3) is 0.933. The molecule has 3 heteroatoms. The van der Waals surface area contributed by atoms with Crippen LogP contribution in [0.3, 0.4) is 0 Å². The van der Waals surface area contributed by atoms with Crippen molar-refractivity contribution in [1.29, 1.82) is 0 Å². The number of nitrogens with one attached hydrogen (secondary N) is 1. The summed E-state index contributed by atoms with van der Waals surface area (Å²) in [5, 5.41) is 12.7. The van der Waals surface area contributed by atoms with E-state index in [-0.39, 0.29) is 0 Å². The summed E-state index contributed by atoms with van der Waals surface area (Å²) in [6.07, 6.45) is 4.17. The van der Waals surface area contributed by atoms with Crippen LogP contribution in [0, 0.1) is 17.3 Å². The molecule has 0 bridgehead atoms. The first-order valence-corrected chi connectivity index (χ1v) is 7.20. The quantitative estimate of drug-likeness (QED) is 0.792. The summed E-state index contributed by atoms with van der Waals surface area (Å²) >= 11 is 0. The van der Waals surface area contributed by atoms with Crippen molar-refractivity contribution in [3.8, 4) is 0 Å². The van der Waals surface area contributed by atoms with Gasteiger partial charge in [0.15, 0.2) is 0 Å². The van der Waals surface area contributed by atoms with Crippen LogP contribution in [0.25, 0.3) is 0 Å². The summed E-state index contributed by atoms with van der Waals surface area (Å²) in [6.45, 7) is 11.0. The van der Waals surface area contributed by atoms with Gasteiger partial charge in [-0.05, 0) is 42.9 Å². The molecular weight excluding hydrogens is 226 g/mol. The molecule has 18 heavy (non-hydrogen) atoms. The molecule has 0 radical (unpaired) electrons. The van der Waals surface area contributed by atoms with E-state index in [1.54, 1.807) is 0 Å². The Balaban J connectivity index is 2.57. The number of carbonyl (C=O) groups is 1. The van der Waals surface area contributed by atoms with Gasteiger partial charge in [0.1, 0.15) is 6.04 Å². The number of rotatable bonds is 5. The van der Waals surface area contributed by atoms with Gasteiger partial charge in [-0.2, -0.15) is 0 Å². The monoisotopic (exact) mass is 255 g/mol. The highest BCUT2D eigenvalue weighted by atomic mass is 16.4. The molecule has 0 aromatic heterocycles. The molecule has 1 rings (SSSR count). The van der Waals surface area contributed by atoms with Crippen molar-refractivity contribution in [2.45, 2.75) is 72.4 Å². The minimum atomic E-state index is -0.708. The van der Waals surface area contributed by atoms with E-state index in [9.17, 15) is 9.90 Å². The number of aliphatic carboxylic acids is 1. The van der Waals surface area contributed by atoms with E-state index in [2.05, 4.69) is 39.9 Å². The van der Waals surface area contributed by atoms with Crippen molar-refractivity contribution in [3.63, 3.8) is 0 Å². The Morgan fingerprint density at radius 2 is 2.06 bits per heavy atom. The van der Waals surface area contributed by atoms with E-state index in [1.165, 1.54) is 12.8 Å². The van der Waals surface area contributed by atoms with Crippen LogP contribution in [0.4, 0.5) is 0 Å². The van der Waals surface area contributed by atoms with Crippen LogP contribution in [0.2, 0.25) is 0 Å². The fourth-order valence-electron chi connectivity index (χ4n) is 3.16. The molecule has 3 unspecified atom stereocenters. The van der Waals surface area contributed by atoms with Crippen molar-refractivity contribution in [2.24, 2.45) is 17.3 Å². The number of hydrogen-bond donors (Lipinski definition) is 2. The lowest BCUT2D eigenvalue weighted by Gasteiger charge is -2.40. The van der Waals surface area contributed by atoms with Gasteiger partial charge in [-0.15, -0.1) is 0 Å². The highest BCUT2D eigenvalue weighted by Crippen LogP contribution is 2.38. The van der Waals surface area contributed by atoms with Crippen molar-refractivity contribution >= 4 is 5.97 Å². The molecule has 1 fully saturated rings. The average Bonchev–Trinajstić information content (AvgIpc) is 2.19. The van der Waals surface area contributed by atoms with Gasteiger partial charge in [-0.1, -0.05) is 34.6 Å². The van der Waals surface area contributed by atoms with Crippen molar-refractivity contribution in [2.75, 3.05) is 0 Å². The van der Waals surface area contributed by atoms with E-state index < -0.39 is 12.0 Å². The number of hydrogen-bond acceptors (Lipinski definition) is 2. The first-order chi connectivity index (χ1) is 8.21. The summed E-state index contributed by atoms with van der Waals surface area (Å²) in [4.78, 5) is 11.3. The maximum absolute atomic E-state index is 11.3. The van der Waals surface area contributed by atoms with E-state index in [0.29, 0.717) is 29.7 Å². The zero-order chi connectivity index (χ0) is 13.9. The maximum Gasteiger partial charge on any atom is 0.320 e. The minimum absolute atomic E-state index is 0.359. The molecule has 1 aliphatic rings. The Kier molecular flexibility index (Phi) is 5.20. The predicted octanol–water partition coefficient (Wildman–Crippen LogP) is 3.29. The predicted molar refractivity (Wildman–Crippen MR) is 74.6 cm³/mol. The Morgan fingerprint density at radius 3 is 2.50 bits per heavy atom.